The van der Waals surface area contributed by atoms with Crippen LogP contribution in [0.4, 0.5) is 0 Å². The van der Waals surface area contributed by atoms with Crippen molar-refractivity contribution in [3.63, 3.8) is 0 Å². The van der Waals surface area contributed by atoms with Gasteiger partial charge in [-0.1, -0.05) is 12.1 Å². The summed E-state index contributed by atoms with van der Waals surface area (Å²) in [4.78, 5) is 21.1. The Hall–Kier alpha value is -2.56. The highest BCUT2D eigenvalue weighted by Crippen LogP contribution is 2.28. The smallest absolute Gasteiger partial charge is 0.170 e. The predicted molar refractivity (Wildman–Crippen MR) is 67.7 cm³/mol. The molecule has 0 saturated heterocycles. The number of nitrogens with one attached hydrogen (secondary N) is 2. The van der Waals surface area contributed by atoms with E-state index in [1.165, 1.54) is 0 Å². The van der Waals surface area contributed by atoms with Crippen LogP contribution < -0.4 is 0 Å². The number of para-hydroxylation sites is 1. The number of benzene rings is 1. The van der Waals surface area contributed by atoms with Gasteiger partial charge in [0.1, 0.15) is 11.4 Å². The number of carbonyl (C=O) groups is 1. The first-order valence-electron chi connectivity index (χ1n) is 5.52. The molecule has 0 spiro atoms. The molecule has 2 heterocycles. The van der Waals surface area contributed by atoms with Crippen molar-refractivity contribution in [2.24, 2.45) is 0 Å². The molecule has 18 heavy (non-hydrogen) atoms. The lowest BCUT2D eigenvalue weighted by molar-refractivity contribution is 0.111. The highest BCUT2D eigenvalue weighted by atomic mass is 16.3. The van der Waals surface area contributed by atoms with Gasteiger partial charge in [-0.15, -0.1) is 0 Å². The van der Waals surface area contributed by atoms with E-state index in [4.69, 9.17) is 0 Å². The minimum atomic E-state index is 0.192. The van der Waals surface area contributed by atoms with E-state index in [9.17, 15) is 9.90 Å². The van der Waals surface area contributed by atoms with Crippen LogP contribution in [0, 0.1) is 6.92 Å². The fraction of sp³-hybridized carbons (Fsp3) is 0.0769. The Balaban J connectivity index is 2.19. The number of aromatic hydroxyl groups is 1. The van der Waals surface area contributed by atoms with E-state index in [1.54, 1.807) is 19.1 Å². The molecule has 0 atom stereocenters. The van der Waals surface area contributed by atoms with Gasteiger partial charge in [0.05, 0.1) is 11.2 Å². The minimum absolute atomic E-state index is 0.192. The van der Waals surface area contributed by atoms with Gasteiger partial charge in [0, 0.05) is 11.1 Å². The van der Waals surface area contributed by atoms with E-state index in [0.29, 0.717) is 17.0 Å². The van der Waals surface area contributed by atoms with Gasteiger partial charge in [-0.05, 0) is 19.1 Å². The number of carbonyl (C=O) groups excluding carboxylic acids is 1. The Morgan fingerprint density at radius 2 is 2.17 bits per heavy atom. The van der Waals surface area contributed by atoms with Crippen molar-refractivity contribution in [2.75, 3.05) is 0 Å². The Labute approximate surface area is 102 Å². The summed E-state index contributed by atoms with van der Waals surface area (Å²) in [6.45, 7) is 1.79. The summed E-state index contributed by atoms with van der Waals surface area (Å²) < 4.78 is 0. The molecular formula is C13H11N3O2. The Morgan fingerprint density at radius 3 is 2.83 bits per heavy atom. The van der Waals surface area contributed by atoms with Crippen molar-refractivity contribution >= 4 is 17.2 Å². The van der Waals surface area contributed by atoms with E-state index in [1.807, 2.05) is 12.1 Å². The van der Waals surface area contributed by atoms with E-state index in [0.717, 1.165) is 23.1 Å². The van der Waals surface area contributed by atoms with Crippen LogP contribution >= 0.6 is 0 Å². The number of H-pyrrole nitrogens is 2. The summed E-state index contributed by atoms with van der Waals surface area (Å²) in [7, 11) is 0. The van der Waals surface area contributed by atoms with Crippen molar-refractivity contribution < 1.29 is 9.90 Å². The third kappa shape index (κ3) is 1.48. The Bertz CT molecular complexity index is 740. The van der Waals surface area contributed by atoms with Crippen molar-refractivity contribution in [3.8, 4) is 17.3 Å². The molecule has 5 nitrogen and oxygen atoms in total. The third-order valence-corrected chi connectivity index (χ3v) is 2.92. The summed E-state index contributed by atoms with van der Waals surface area (Å²) >= 11 is 0. The van der Waals surface area contributed by atoms with Crippen LogP contribution in [0.2, 0.25) is 0 Å². The quantitative estimate of drug-likeness (QED) is 0.602. The van der Waals surface area contributed by atoms with Crippen molar-refractivity contribution in [2.45, 2.75) is 6.92 Å². The summed E-state index contributed by atoms with van der Waals surface area (Å²) in [5.74, 6) is 0.780. The molecule has 2 aromatic heterocycles. The van der Waals surface area contributed by atoms with Crippen LogP contribution in [0.25, 0.3) is 22.4 Å². The zero-order chi connectivity index (χ0) is 12.7. The molecule has 0 fully saturated rings. The number of aromatic amines is 2. The summed E-state index contributed by atoms with van der Waals surface area (Å²) in [6, 6.07) is 7.17. The van der Waals surface area contributed by atoms with Gasteiger partial charge in [0.2, 0.25) is 0 Å². The van der Waals surface area contributed by atoms with Crippen LogP contribution in [0.5, 0.6) is 5.75 Å². The normalized spacial score (nSPS) is 10.9. The number of phenols is 1. The van der Waals surface area contributed by atoms with Crippen molar-refractivity contribution in [1.82, 2.24) is 15.0 Å². The van der Waals surface area contributed by atoms with Gasteiger partial charge in [0.15, 0.2) is 12.1 Å². The average molecular weight is 241 g/mol. The molecular weight excluding hydrogens is 230 g/mol. The zero-order valence-electron chi connectivity index (χ0n) is 9.69. The number of nitrogens with zero attached hydrogens (tertiary/aromatic N) is 1. The minimum Gasteiger partial charge on any atom is -0.506 e. The molecule has 90 valence electrons. The molecule has 0 aliphatic rings. The van der Waals surface area contributed by atoms with Gasteiger partial charge in [-0.3, -0.25) is 4.79 Å². The molecule has 0 unspecified atom stereocenters. The number of fused-ring (bicyclic) bond motifs is 1. The lowest BCUT2D eigenvalue weighted by Gasteiger charge is -1.92. The van der Waals surface area contributed by atoms with Crippen LogP contribution in [0.1, 0.15) is 16.2 Å². The lowest BCUT2D eigenvalue weighted by Crippen LogP contribution is -1.82. The van der Waals surface area contributed by atoms with Crippen LogP contribution in [-0.4, -0.2) is 26.3 Å². The van der Waals surface area contributed by atoms with Gasteiger partial charge < -0.3 is 15.1 Å². The van der Waals surface area contributed by atoms with Crippen molar-refractivity contribution in [1.29, 1.82) is 0 Å². The van der Waals surface area contributed by atoms with Gasteiger partial charge >= 0.3 is 0 Å². The Morgan fingerprint density at radius 1 is 1.33 bits per heavy atom. The number of hydrogen-bond acceptors (Lipinski definition) is 3. The molecule has 3 N–H and O–H groups in total. The lowest BCUT2D eigenvalue weighted by atomic mass is 10.2. The SMILES string of the molecule is Cc1[nH]c(-c2cc3cccc(O)c3[nH]2)nc1C=O. The number of rotatable bonds is 2. The summed E-state index contributed by atoms with van der Waals surface area (Å²) in [5.41, 5.74) is 2.52. The second-order valence-electron chi connectivity index (χ2n) is 4.14. The van der Waals surface area contributed by atoms with Crippen LogP contribution in [-0.2, 0) is 0 Å². The highest BCUT2D eigenvalue weighted by Gasteiger charge is 2.11. The molecule has 0 saturated carbocycles. The first kappa shape index (κ1) is 10.6. The first-order valence-corrected chi connectivity index (χ1v) is 5.52. The number of aryl methyl sites for hydroxylation is 1. The second kappa shape index (κ2) is 3.73. The molecule has 0 aliphatic heterocycles. The molecule has 5 heteroatoms. The van der Waals surface area contributed by atoms with Crippen molar-refractivity contribution in [3.05, 3.63) is 35.7 Å². The van der Waals surface area contributed by atoms with Gasteiger partial charge in [-0.2, -0.15) is 0 Å². The predicted octanol–water partition coefficient (Wildman–Crippen LogP) is 2.38. The van der Waals surface area contributed by atoms with Gasteiger partial charge in [0.25, 0.3) is 0 Å². The molecule has 0 aliphatic carbocycles. The highest BCUT2D eigenvalue weighted by molar-refractivity contribution is 5.89. The van der Waals surface area contributed by atoms with Crippen LogP contribution in [0.15, 0.2) is 24.3 Å². The molecule has 3 aromatic rings. The Kier molecular flexibility index (Phi) is 2.19. The topological polar surface area (TPSA) is 81.8 Å². The molecule has 0 bridgehead atoms. The third-order valence-electron chi connectivity index (χ3n) is 2.92. The monoisotopic (exact) mass is 241 g/mol. The number of aromatic nitrogens is 3. The number of aldehydes is 1. The zero-order valence-corrected chi connectivity index (χ0v) is 9.69. The standard InChI is InChI=1S/C13H11N3O2/c1-7-10(6-17)16-13(14-7)9-5-8-3-2-4-11(18)12(8)15-9/h2-6,15,18H,1H3,(H,14,16). The number of hydrogen-bond donors (Lipinski definition) is 3. The largest absolute Gasteiger partial charge is 0.506 e. The number of imidazole rings is 1. The summed E-state index contributed by atoms with van der Waals surface area (Å²) in [6.07, 6.45) is 0.718. The fourth-order valence-electron chi connectivity index (χ4n) is 1.98. The maximum Gasteiger partial charge on any atom is 0.170 e. The maximum absolute atomic E-state index is 10.8. The maximum atomic E-state index is 10.8. The second-order valence-corrected chi connectivity index (χ2v) is 4.14. The van der Waals surface area contributed by atoms with E-state index < -0.39 is 0 Å². The van der Waals surface area contributed by atoms with Crippen LogP contribution in [0.3, 0.4) is 0 Å². The summed E-state index contributed by atoms with van der Waals surface area (Å²) in [5, 5.41) is 10.6. The molecule has 1 aromatic carbocycles. The van der Waals surface area contributed by atoms with E-state index >= 15 is 0 Å². The van der Waals surface area contributed by atoms with Gasteiger partial charge in [-0.25, -0.2) is 4.98 Å². The first-order chi connectivity index (χ1) is 8.69. The van der Waals surface area contributed by atoms with E-state index in [-0.39, 0.29) is 5.75 Å². The number of phenolic OH excluding ortho intramolecular Hbond substituents is 1. The molecule has 0 amide bonds. The fourth-order valence-corrected chi connectivity index (χ4v) is 1.98. The molecule has 3 rings (SSSR count). The average Bonchev–Trinajstić information content (AvgIpc) is 2.93. The van der Waals surface area contributed by atoms with E-state index in [2.05, 4.69) is 15.0 Å². The molecule has 0 radical (unpaired) electrons.